The second-order valence-electron chi connectivity index (χ2n) is 5.27. The Morgan fingerprint density at radius 2 is 1.83 bits per heavy atom. The SMILES string of the molecule is CCC(C)(C)N(C)C(=O)c1ccc(CCN)cc1. The molecule has 3 nitrogen and oxygen atoms in total. The molecular formula is C15H24N2O. The third-order valence-electron chi connectivity index (χ3n) is 3.71. The van der Waals surface area contributed by atoms with Crippen LogP contribution in [0.4, 0.5) is 0 Å². The van der Waals surface area contributed by atoms with Crippen molar-refractivity contribution in [1.82, 2.24) is 4.90 Å². The molecule has 1 aromatic rings. The first-order chi connectivity index (χ1) is 8.42. The molecule has 0 saturated heterocycles. The highest BCUT2D eigenvalue weighted by Gasteiger charge is 2.26. The second-order valence-corrected chi connectivity index (χ2v) is 5.27. The molecule has 18 heavy (non-hydrogen) atoms. The Bertz CT molecular complexity index is 395. The summed E-state index contributed by atoms with van der Waals surface area (Å²) in [6.45, 7) is 6.88. The van der Waals surface area contributed by atoms with Crippen LogP contribution in [0.25, 0.3) is 0 Å². The number of hydrogen-bond acceptors (Lipinski definition) is 2. The van der Waals surface area contributed by atoms with Gasteiger partial charge in [-0.2, -0.15) is 0 Å². The minimum atomic E-state index is -0.118. The van der Waals surface area contributed by atoms with E-state index in [1.54, 1.807) is 0 Å². The van der Waals surface area contributed by atoms with Crippen molar-refractivity contribution >= 4 is 5.91 Å². The topological polar surface area (TPSA) is 46.3 Å². The number of hydrogen-bond donors (Lipinski definition) is 1. The number of carbonyl (C=O) groups is 1. The Balaban J connectivity index is 2.84. The molecule has 0 aliphatic carbocycles. The molecule has 0 saturated carbocycles. The van der Waals surface area contributed by atoms with Crippen LogP contribution >= 0.6 is 0 Å². The van der Waals surface area contributed by atoms with Crippen LogP contribution in [-0.2, 0) is 6.42 Å². The van der Waals surface area contributed by atoms with E-state index in [-0.39, 0.29) is 11.4 Å². The predicted molar refractivity (Wildman–Crippen MR) is 75.7 cm³/mol. The number of nitrogens with zero attached hydrogens (tertiary/aromatic N) is 1. The Hall–Kier alpha value is -1.35. The van der Waals surface area contributed by atoms with E-state index in [1.165, 1.54) is 5.56 Å². The molecule has 0 aromatic heterocycles. The van der Waals surface area contributed by atoms with Gasteiger partial charge in [-0.3, -0.25) is 4.79 Å². The molecule has 0 heterocycles. The fourth-order valence-electron chi connectivity index (χ4n) is 1.69. The van der Waals surface area contributed by atoms with Gasteiger partial charge in [0.2, 0.25) is 0 Å². The molecule has 0 aliphatic rings. The quantitative estimate of drug-likeness (QED) is 0.870. The lowest BCUT2D eigenvalue weighted by Crippen LogP contribution is -2.44. The predicted octanol–water partition coefficient (Wildman–Crippen LogP) is 2.45. The highest BCUT2D eigenvalue weighted by molar-refractivity contribution is 5.94. The lowest BCUT2D eigenvalue weighted by Gasteiger charge is -2.35. The van der Waals surface area contributed by atoms with Crippen molar-refractivity contribution in [2.45, 2.75) is 39.2 Å². The molecule has 2 N–H and O–H groups in total. The summed E-state index contributed by atoms with van der Waals surface area (Å²) in [5, 5.41) is 0. The zero-order valence-corrected chi connectivity index (χ0v) is 11.9. The first-order valence-corrected chi connectivity index (χ1v) is 6.49. The fraction of sp³-hybridized carbons (Fsp3) is 0.533. The molecule has 1 aromatic carbocycles. The molecule has 1 amide bonds. The summed E-state index contributed by atoms with van der Waals surface area (Å²) >= 11 is 0. The lowest BCUT2D eigenvalue weighted by atomic mass is 9.98. The summed E-state index contributed by atoms with van der Waals surface area (Å²) in [6, 6.07) is 7.73. The molecule has 100 valence electrons. The summed E-state index contributed by atoms with van der Waals surface area (Å²) in [5.74, 6) is 0.0705. The Morgan fingerprint density at radius 3 is 2.28 bits per heavy atom. The molecular weight excluding hydrogens is 224 g/mol. The van der Waals surface area contributed by atoms with Gasteiger partial charge < -0.3 is 10.6 Å². The van der Waals surface area contributed by atoms with Gasteiger partial charge in [0.25, 0.3) is 5.91 Å². The molecule has 0 aliphatic heterocycles. The van der Waals surface area contributed by atoms with Gasteiger partial charge in [-0.1, -0.05) is 19.1 Å². The van der Waals surface area contributed by atoms with Crippen LogP contribution in [0.15, 0.2) is 24.3 Å². The van der Waals surface area contributed by atoms with Crippen molar-refractivity contribution in [2.75, 3.05) is 13.6 Å². The van der Waals surface area contributed by atoms with Crippen molar-refractivity contribution < 1.29 is 4.79 Å². The highest BCUT2D eigenvalue weighted by Crippen LogP contribution is 2.19. The van der Waals surface area contributed by atoms with E-state index >= 15 is 0 Å². The summed E-state index contributed by atoms with van der Waals surface area (Å²) in [6.07, 6.45) is 1.78. The first-order valence-electron chi connectivity index (χ1n) is 6.49. The largest absolute Gasteiger partial charge is 0.337 e. The molecule has 3 heteroatoms. The Kier molecular flexibility index (Phi) is 4.91. The van der Waals surface area contributed by atoms with Crippen LogP contribution in [0, 0.1) is 0 Å². The smallest absolute Gasteiger partial charge is 0.254 e. The number of rotatable bonds is 5. The number of benzene rings is 1. The Morgan fingerprint density at radius 1 is 1.28 bits per heavy atom. The highest BCUT2D eigenvalue weighted by atomic mass is 16.2. The van der Waals surface area contributed by atoms with Gasteiger partial charge in [0, 0.05) is 18.2 Å². The van der Waals surface area contributed by atoms with Gasteiger partial charge in [0.15, 0.2) is 0 Å². The van der Waals surface area contributed by atoms with Gasteiger partial charge in [-0.05, 0) is 50.9 Å². The average molecular weight is 248 g/mol. The van der Waals surface area contributed by atoms with Crippen molar-refractivity contribution in [3.05, 3.63) is 35.4 Å². The molecule has 0 unspecified atom stereocenters. The van der Waals surface area contributed by atoms with E-state index in [9.17, 15) is 4.79 Å². The number of nitrogens with two attached hydrogens (primary N) is 1. The van der Waals surface area contributed by atoms with E-state index in [4.69, 9.17) is 5.73 Å². The van der Waals surface area contributed by atoms with Crippen LogP contribution < -0.4 is 5.73 Å². The zero-order chi connectivity index (χ0) is 13.8. The minimum absolute atomic E-state index is 0.0705. The van der Waals surface area contributed by atoms with Gasteiger partial charge in [-0.15, -0.1) is 0 Å². The summed E-state index contributed by atoms with van der Waals surface area (Å²) in [7, 11) is 1.86. The standard InChI is InChI=1S/C15H24N2O/c1-5-15(2,3)17(4)14(18)13-8-6-12(7-9-13)10-11-16/h6-9H,5,10-11,16H2,1-4H3. The second kappa shape index (κ2) is 6.01. The summed E-state index contributed by atoms with van der Waals surface area (Å²) < 4.78 is 0. The third kappa shape index (κ3) is 3.33. The van der Waals surface area contributed by atoms with Gasteiger partial charge in [-0.25, -0.2) is 0 Å². The fourth-order valence-corrected chi connectivity index (χ4v) is 1.69. The molecule has 0 fully saturated rings. The summed E-state index contributed by atoms with van der Waals surface area (Å²) in [5.41, 5.74) is 7.30. The maximum atomic E-state index is 12.3. The zero-order valence-electron chi connectivity index (χ0n) is 11.9. The first kappa shape index (κ1) is 14.7. The van der Waals surface area contributed by atoms with Crippen molar-refractivity contribution in [2.24, 2.45) is 5.73 Å². The van der Waals surface area contributed by atoms with Gasteiger partial charge in [0.1, 0.15) is 0 Å². The molecule has 0 bridgehead atoms. The van der Waals surface area contributed by atoms with E-state index < -0.39 is 0 Å². The minimum Gasteiger partial charge on any atom is -0.337 e. The van der Waals surface area contributed by atoms with E-state index in [0.717, 1.165) is 18.4 Å². The van der Waals surface area contributed by atoms with E-state index in [0.29, 0.717) is 6.54 Å². The average Bonchev–Trinajstić information content (AvgIpc) is 2.38. The van der Waals surface area contributed by atoms with Crippen LogP contribution in [0.2, 0.25) is 0 Å². The maximum Gasteiger partial charge on any atom is 0.254 e. The van der Waals surface area contributed by atoms with Crippen LogP contribution in [0.1, 0.15) is 43.1 Å². The van der Waals surface area contributed by atoms with Gasteiger partial charge in [0.05, 0.1) is 0 Å². The monoisotopic (exact) mass is 248 g/mol. The Labute approximate surface area is 110 Å². The maximum absolute atomic E-state index is 12.3. The van der Waals surface area contributed by atoms with Crippen molar-refractivity contribution in [3.63, 3.8) is 0 Å². The normalized spacial score (nSPS) is 11.4. The molecule has 0 radical (unpaired) electrons. The molecule has 1 rings (SSSR count). The lowest BCUT2D eigenvalue weighted by molar-refractivity contribution is 0.0620. The van der Waals surface area contributed by atoms with Crippen LogP contribution in [0.5, 0.6) is 0 Å². The number of amides is 1. The summed E-state index contributed by atoms with van der Waals surface area (Å²) in [4.78, 5) is 14.1. The number of carbonyl (C=O) groups excluding carboxylic acids is 1. The van der Waals surface area contributed by atoms with E-state index in [1.807, 2.05) is 36.2 Å². The van der Waals surface area contributed by atoms with Crippen LogP contribution in [-0.4, -0.2) is 29.9 Å². The van der Waals surface area contributed by atoms with Gasteiger partial charge >= 0.3 is 0 Å². The van der Waals surface area contributed by atoms with E-state index in [2.05, 4.69) is 20.8 Å². The van der Waals surface area contributed by atoms with Crippen molar-refractivity contribution in [1.29, 1.82) is 0 Å². The molecule has 0 atom stereocenters. The van der Waals surface area contributed by atoms with Crippen molar-refractivity contribution in [3.8, 4) is 0 Å². The third-order valence-corrected chi connectivity index (χ3v) is 3.71. The van der Waals surface area contributed by atoms with Crippen LogP contribution in [0.3, 0.4) is 0 Å². The molecule has 0 spiro atoms.